The van der Waals surface area contributed by atoms with E-state index in [-0.39, 0.29) is 11.0 Å². The molecule has 82 valence electrons. The van der Waals surface area contributed by atoms with Crippen LogP contribution < -0.4 is 10.5 Å². The van der Waals surface area contributed by atoms with Gasteiger partial charge in [0.05, 0.1) is 11.7 Å². The molecular weight excluding hydrogens is 250 g/mol. The Balaban J connectivity index is 2.17. The van der Waals surface area contributed by atoms with Crippen LogP contribution in [0.3, 0.4) is 0 Å². The van der Waals surface area contributed by atoms with E-state index in [9.17, 15) is 4.79 Å². The number of nitrogens with two attached hydrogens (primary N) is 1. The van der Waals surface area contributed by atoms with E-state index >= 15 is 0 Å². The molecule has 0 radical (unpaired) electrons. The highest BCUT2D eigenvalue weighted by molar-refractivity contribution is 6.99. The lowest BCUT2D eigenvalue weighted by atomic mass is 10.2. The first-order valence-corrected chi connectivity index (χ1v) is 5.33. The highest BCUT2D eigenvalue weighted by Crippen LogP contribution is 2.26. The van der Waals surface area contributed by atoms with Gasteiger partial charge in [-0.2, -0.15) is 4.37 Å². The fourth-order valence-electron chi connectivity index (χ4n) is 1.03. The summed E-state index contributed by atoms with van der Waals surface area (Å²) in [6.07, 6.45) is 0. The van der Waals surface area contributed by atoms with E-state index < -0.39 is 5.91 Å². The lowest BCUT2D eigenvalue weighted by Gasteiger charge is -2.02. The van der Waals surface area contributed by atoms with Crippen LogP contribution in [0.5, 0.6) is 11.6 Å². The van der Waals surface area contributed by atoms with E-state index in [4.69, 9.17) is 22.1 Å². The van der Waals surface area contributed by atoms with Crippen molar-refractivity contribution in [2.75, 3.05) is 0 Å². The number of nitrogens with zero attached hydrogens (tertiary/aromatic N) is 2. The first kappa shape index (κ1) is 10.8. The van der Waals surface area contributed by atoms with Crippen LogP contribution in [0.4, 0.5) is 0 Å². The molecule has 0 aliphatic carbocycles. The molecule has 1 heterocycles. The first-order valence-electron chi connectivity index (χ1n) is 4.22. The Morgan fingerprint density at radius 1 is 1.31 bits per heavy atom. The molecule has 2 N–H and O–H groups in total. The third kappa shape index (κ3) is 2.29. The van der Waals surface area contributed by atoms with Crippen molar-refractivity contribution in [1.29, 1.82) is 0 Å². The van der Waals surface area contributed by atoms with E-state index in [0.717, 1.165) is 11.7 Å². The molecule has 5 nitrogen and oxygen atoms in total. The summed E-state index contributed by atoms with van der Waals surface area (Å²) in [6, 6.07) is 6.34. The third-order valence-electron chi connectivity index (χ3n) is 1.77. The number of halogens is 1. The summed E-state index contributed by atoms with van der Waals surface area (Å²) in [5, 5.41) is 0.212. The number of hydrogen-bond donors (Lipinski definition) is 1. The summed E-state index contributed by atoms with van der Waals surface area (Å²) in [6.45, 7) is 0. The van der Waals surface area contributed by atoms with E-state index in [1.54, 1.807) is 24.3 Å². The molecule has 7 heteroatoms. The van der Waals surface area contributed by atoms with Crippen LogP contribution in [0.1, 0.15) is 10.4 Å². The minimum Gasteiger partial charge on any atom is -0.436 e. The Kier molecular flexibility index (Phi) is 3.02. The molecule has 0 bridgehead atoms. The van der Waals surface area contributed by atoms with Crippen molar-refractivity contribution in [1.82, 2.24) is 8.75 Å². The minimum atomic E-state index is -0.486. The van der Waals surface area contributed by atoms with Crippen molar-refractivity contribution < 1.29 is 9.53 Å². The molecule has 0 unspecified atom stereocenters. The maximum atomic E-state index is 10.8. The van der Waals surface area contributed by atoms with Crippen molar-refractivity contribution in [3.05, 3.63) is 35.0 Å². The molecule has 0 aliphatic heterocycles. The maximum Gasteiger partial charge on any atom is 0.270 e. The second kappa shape index (κ2) is 4.46. The van der Waals surface area contributed by atoms with E-state index in [2.05, 4.69) is 8.75 Å². The van der Waals surface area contributed by atoms with Crippen molar-refractivity contribution in [3.8, 4) is 11.6 Å². The molecule has 0 atom stereocenters. The molecule has 0 aliphatic rings. The van der Waals surface area contributed by atoms with Crippen LogP contribution in [0.2, 0.25) is 5.15 Å². The quantitative estimate of drug-likeness (QED) is 0.911. The molecule has 1 aromatic carbocycles. The van der Waals surface area contributed by atoms with Gasteiger partial charge in [-0.15, -0.1) is 4.37 Å². The second-order valence-corrected chi connectivity index (χ2v) is 3.74. The highest BCUT2D eigenvalue weighted by atomic mass is 35.5. The highest BCUT2D eigenvalue weighted by Gasteiger charge is 2.08. The topological polar surface area (TPSA) is 78.1 Å². The van der Waals surface area contributed by atoms with Gasteiger partial charge in [0, 0.05) is 5.56 Å². The van der Waals surface area contributed by atoms with Gasteiger partial charge in [0.2, 0.25) is 11.1 Å². The van der Waals surface area contributed by atoms with Crippen LogP contribution in [-0.4, -0.2) is 14.7 Å². The molecular formula is C9H6ClN3O2S. The Morgan fingerprint density at radius 3 is 2.50 bits per heavy atom. The third-order valence-corrected chi connectivity index (χ3v) is 2.63. The van der Waals surface area contributed by atoms with Gasteiger partial charge in [0.15, 0.2) is 0 Å². The van der Waals surface area contributed by atoms with Crippen molar-refractivity contribution in [2.24, 2.45) is 5.73 Å². The number of primary amides is 1. The van der Waals surface area contributed by atoms with E-state index in [1.165, 1.54) is 0 Å². The summed E-state index contributed by atoms with van der Waals surface area (Å²) in [7, 11) is 0. The molecule has 2 aromatic rings. The Labute approximate surface area is 100 Å². The van der Waals surface area contributed by atoms with Crippen LogP contribution in [0.15, 0.2) is 24.3 Å². The minimum absolute atomic E-state index is 0.212. The fourth-order valence-corrected chi connectivity index (χ4v) is 1.64. The van der Waals surface area contributed by atoms with Gasteiger partial charge >= 0.3 is 0 Å². The molecule has 1 amide bonds. The zero-order chi connectivity index (χ0) is 11.5. The Hall–Kier alpha value is -1.66. The monoisotopic (exact) mass is 255 g/mol. The van der Waals surface area contributed by atoms with Crippen LogP contribution in [0.25, 0.3) is 0 Å². The van der Waals surface area contributed by atoms with Gasteiger partial charge in [-0.25, -0.2) is 0 Å². The summed E-state index contributed by atoms with van der Waals surface area (Å²) in [5.74, 6) is 0.276. The average Bonchev–Trinajstić information content (AvgIpc) is 2.65. The second-order valence-electron chi connectivity index (χ2n) is 2.85. The predicted octanol–water partition coefficient (Wildman–Crippen LogP) is 2.08. The molecule has 16 heavy (non-hydrogen) atoms. The van der Waals surface area contributed by atoms with Crippen LogP contribution in [0, 0.1) is 0 Å². The van der Waals surface area contributed by atoms with Crippen LogP contribution >= 0.6 is 23.3 Å². The SMILES string of the molecule is NC(=O)c1ccc(Oc2nsnc2Cl)cc1. The number of carbonyl (C=O) groups is 1. The number of hydrogen-bond acceptors (Lipinski definition) is 5. The number of benzene rings is 1. The molecule has 0 fully saturated rings. The molecule has 1 aromatic heterocycles. The lowest BCUT2D eigenvalue weighted by molar-refractivity contribution is 0.100. The standard InChI is InChI=1S/C9H6ClN3O2S/c10-7-9(13-16-12-7)15-6-3-1-5(2-4-6)8(11)14/h1-4H,(H2,11,14). The summed E-state index contributed by atoms with van der Waals surface area (Å²) in [5.41, 5.74) is 5.51. The van der Waals surface area contributed by atoms with Crippen molar-refractivity contribution in [3.63, 3.8) is 0 Å². The number of aromatic nitrogens is 2. The molecule has 0 saturated carbocycles. The number of rotatable bonds is 3. The normalized spacial score (nSPS) is 10.1. The zero-order valence-electron chi connectivity index (χ0n) is 7.88. The molecule has 0 spiro atoms. The summed E-state index contributed by atoms with van der Waals surface area (Å²) >= 11 is 6.67. The van der Waals surface area contributed by atoms with Crippen molar-refractivity contribution >= 4 is 29.2 Å². The van der Waals surface area contributed by atoms with Gasteiger partial charge < -0.3 is 10.5 Å². The largest absolute Gasteiger partial charge is 0.436 e. The smallest absolute Gasteiger partial charge is 0.270 e. The number of carbonyl (C=O) groups excluding carboxylic acids is 1. The lowest BCUT2D eigenvalue weighted by Crippen LogP contribution is -2.10. The van der Waals surface area contributed by atoms with Crippen LogP contribution in [-0.2, 0) is 0 Å². The number of ether oxygens (including phenoxy) is 1. The Morgan fingerprint density at radius 2 is 2.00 bits per heavy atom. The maximum absolute atomic E-state index is 10.8. The summed E-state index contributed by atoms with van der Waals surface area (Å²) in [4.78, 5) is 10.8. The molecule has 2 rings (SSSR count). The average molecular weight is 256 g/mol. The van der Waals surface area contributed by atoms with E-state index in [1.807, 2.05) is 0 Å². The van der Waals surface area contributed by atoms with Gasteiger partial charge in [-0.1, -0.05) is 11.6 Å². The van der Waals surface area contributed by atoms with Gasteiger partial charge in [-0.05, 0) is 24.3 Å². The molecule has 0 saturated heterocycles. The van der Waals surface area contributed by atoms with Gasteiger partial charge in [0.1, 0.15) is 5.75 Å². The van der Waals surface area contributed by atoms with Crippen molar-refractivity contribution in [2.45, 2.75) is 0 Å². The van der Waals surface area contributed by atoms with Gasteiger partial charge in [0.25, 0.3) is 5.88 Å². The zero-order valence-corrected chi connectivity index (χ0v) is 9.46. The number of amides is 1. The van der Waals surface area contributed by atoms with E-state index in [0.29, 0.717) is 11.3 Å². The Bertz CT molecular complexity index is 512. The first-order chi connectivity index (χ1) is 7.66. The fraction of sp³-hybridized carbons (Fsp3) is 0. The predicted molar refractivity (Wildman–Crippen MR) is 60.0 cm³/mol. The van der Waals surface area contributed by atoms with Gasteiger partial charge in [-0.3, -0.25) is 4.79 Å². The summed E-state index contributed by atoms with van der Waals surface area (Å²) < 4.78 is 12.9.